The fourth-order valence-corrected chi connectivity index (χ4v) is 6.81. The van der Waals surface area contributed by atoms with Crippen molar-refractivity contribution in [3.8, 4) is 11.5 Å². The fourth-order valence-electron chi connectivity index (χ4n) is 6.81. The third-order valence-electron chi connectivity index (χ3n) is 9.33. The predicted octanol–water partition coefficient (Wildman–Crippen LogP) is 2.85. The lowest BCUT2D eigenvalue weighted by Gasteiger charge is -2.31. The van der Waals surface area contributed by atoms with E-state index in [2.05, 4.69) is 10.3 Å². The summed E-state index contributed by atoms with van der Waals surface area (Å²) in [6.07, 6.45) is -6.15. The smallest absolute Gasteiger partial charge is 0.471 e. The number of aromatic nitrogens is 4. The number of fused-ring (bicyclic) bond motifs is 1. The standard InChI is InChI=1S/C33H39F3N8O5/c1-2-12-43(31(49)33(34,35)36)24-14-25(28(48)27(24)47)44-17-39-26-29(40-32(41-30(26)44)42-13-11-20(37)16-42)38-15-23(18-3-7-21(45)8-4-18)19-5-9-22(46)10-6-19/h3-10,17,20,23-25,27-28,45-48H,2,11-16,37H2,1H3,(H,38,40,41)/t20-,24+,25-,27-,28+/m1/s1. The van der Waals surface area contributed by atoms with Crippen molar-refractivity contribution in [1.29, 1.82) is 0 Å². The molecule has 6 rings (SSSR count). The normalized spacial score (nSPS) is 22.7. The second-order valence-electron chi connectivity index (χ2n) is 12.7. The number of hydrogen-bond donors (Lipinski definition) is 6. The number of nitrogens with zero attached hydrogens (tertiary/aromatic N) is 6. The average molecular weight is 685 g/mol. The van der Waals surface area contributed by atoms with Gasteiger partial charge in [0.1, 0.15) is 23.7 Å². The van der Waals surface area contributed by atoms with E-state index < -0.39 is 36.4 Å². The third-order valence-corrected chi connectivity index (χ3v) is 9.33. The maximum absolute atomic E-state index is 13.5. The lowest BCUT2D eigenvalue weighted by Crippen LogP contribution is -2.51. The average Bonchev–Trinajstić information content (AvgIpc) is 3.78. The largest absolute Gasteiger partial charge is 0.508 e. The van der Waals surface area contributed by atoms with Crippen molar-refractivity contribution >= 4 is 28.8 Å². The van der Waals surface area contributed by atoms with Gasteiger partial charge in [0.25, 0.3) is 0 Å². The molecule has 1 saturated heterocycles. The number of phenolic OH excluding ortho intramolecular Hbond substituents is 2. The molecule has 4 aromatic rings. The number of rotatable bonds is 10. The van der Waals surface area contributed by atoms with Gasteiger partial charge in [-0.1, -0.05) is 31.2 Å². The number of alkyl halides is 3. The van der Waals surface area contributed by atoms with Crippen LogP contribution in [0.1, 0.15) is 49.3 Å². The second kappa shape index (κ2) is 13.7. The summed E-state index contributed by atoms with van der Waals surface area (Å²) >= 11 is 0. The fraction of sp³-hybridized carbons (Fsp3) is 0.455. The van der Waals surface area contributed by atoms with Crippen molar-refractivity contribution in [3.05, 3.63) is 66.0 Å². The minimum atomic E-state index is -5.14. The molecule has 13 nitrogen and oxygen atoms in total. The summed E-state index contributed by atoms with van der Waals surface area (Å²) in [7, 11) is 0. The van der Waals surface area contributed by atoms with Crippen LogP contribution in [0.15, 0.2) is 54.9 Å². The molecular weight excluding hydrogens is 645 g/mol. The van der Waals surface area contributed by atoms with Crippen LogP contribution in [0.2, 0.25) is 0 Å². The lowest BCUT2D eigenvalue weighted by atomic mass is 9.91. The van der Waals surface area contributed by atoms with Crippen LogP contribution in [0.25, 0.3) is 11.2 Å². The van der Waals surface area contributed by atoms with Gasteiger partial charge in [0.15, 0.2) is 17.0 Å². The van der Waals surface area contributed by atoms with Crippen LogP contribution < -0.4 is 16.0 Å². The summed E-state index contributed by atoms with van der Waals surface area (Å²) < 4.78 is 42.1. The summed E-state index contributed by atoms with van der Waals surface area (Å²) in [5.41, 5.74) is 8.53. The first-order valence-electron chi connectivity index (χ1n) is 16.2. The molecule has 1 aliphatic carbocycles. The van der Waals surface area contributed by atoms with Gasteiger partial charge in [-0.25, -0.2) is 4.98 Å². The van der Waals surface area contributed by atoms with Crippen molar-refractivity contribution < 1.29 is 38.4 Å². The molecule has 2 aromatic heterocycles. The Labute approximate surface area is 279 Å². The van der Waals surface area contributed by atoms with Crippen LogP contribution in [0.5, 0.6) is 11.5 Å². The first-order valence-corrected chi connectivity index (χ1v) is 16.2. The quantitative estimate of drug-likeness (QED) is 0.144. The van der Waals surface area contributed by atoms with E-state index in [9.17, 15) is 38.4 Å². The first-order chi connectivity index (χ1) is 23.3. The molecular formula is C33H39F3N8O5. The van der Waals surface area contributed by atoms with E-state index >= 15 is 0 Å². The molecule has 0 unspecified atom stereocenters. The molecule has 2 aromatic carbocycles. The van der Waals surface area contributed by atoms with Crippen LogP contribution in [0, 0.1) is 0 Å². The second-order valence-corrected chi connectivity index (χ2v) is 12.7. The SMILES string of the molecule is CCCN(C(=O)C(F)(F)F)[C@H]1C[C@@H](n2cnc3c(NCC(c4ccc(O)cc4)c4ccc(O)cc4)nc(N4CC[C@@H](N)C4)nc32)[C@H](O)[C@@H]1O. The number of nitrogens with two attached hydrogens (primary N) is 1. The first kappa shape index (κ1) is 34.2. The molecule has 1 aliphatic heterocycles. The molecule has 0 spiro atoms. The number of phenols is 2. The van der Waals surface area contributed by atoms with E-state index in [1.807, 2.05) is 4.90 Å². The Morgan fingerprint density at radius 3 is 2.22 bits per heavy atom. The molecule has 2 aliphatic rings. The number of nitrogens with one attached hydrogen (secondary N) is 1. The molecule has 5 atom stereocenters. The molecule has 7 N–H and O–H groups in total. The molecule has 0 bridgehead atoms. The molecule has 1 saturated carbocycles. The predicted molar refractivity (Wildman–Crippen MR) is 174 cm³/mol. The van der Waals surface area contributed by atoms with Crippen molar-refractivity contribution in [1.82, 2.24) is 24.4 Å². The van der Waals surface area contributed by atoms with Crippen LogP contribution in [0.3, 0.4) is 0 Å². The number of amides is 1. The van der Waals surface area contributed by atoms with Crippen molar-refractivity contribution in [3.63, 3.8) is 0 Å². The van der Waals surface area contributed by atoms with E-state index in [0.717, 1.165) is 11.1 Å². The van der Waals surface area contributed by atoms with Gasteiger partial charge >= 0.3 is 12.1 Å². The van der Waals surface area contributed by atoms with E-state index in [1.165, 1.54) is 10.9 Å². The Bertz CT molecular complexity index is 1730. The summed E-state index contributed by atoms with van der Waals surface area (Å²) in [6.45, 7) is 2.75. The maximum Gasteiger partial charge on any atom is 0.471 e. The van der Waals surface area contributed by atoms with Crippen LogP contribution in [-0.4, -0.2) is 107 Å². The number of halogens is 3. The number of benzene rings is 2. The molecule has 2 fully saturated rings. The van der Waals surface area contributed by atoms with Gasteiger partial charge < -0.3 is 45.8 Å². The van der Waals surface area contributed by atoms with E-state index in [0.29, 0.717) is 48.2 Å². The number of aliphatic hydroxyl groups excluding tert-OH is 2. The molecule has 16 heteroatoms. The van der Waals surface area contributed by atoms with E-state index in [-0.39, 0.29) is 48.5 Å². The minimum Gasteiger partial charge on any atom is -0.508 e. The van der Waals surface area contributed by atoms with Gasteiger partial charge in [-0.2, -0.15) is 23.1 Å². The Balaban J connectivity index is 1.37. The number of hydrogen-bond acceptors (Lipinski definition) is 11. The molecule has 262 valence electrons. The van der Waals surface area contributed by atoms with Gasteiger partial charge in [-0.15, -0.1) is 0 Å². The van der Waals surface area contributed by atoms with Crippen molar-refractivity contribution in [2.75, 3.05) is 36.4 Å². The molecule has 3 heterocycles. The highest BCUT2D eigenvalue weighted by Crippen LogP contribution is 2.38. The highest BCUT2D eigenvalue weighted by molar-refractivity contribution is 5.85. The summed E-state index contributed by atoms with van der Waals surface area (Å²) in [5.74, 6) is -1.43. The third kappa shape index (κ3) is 6.93. The number of carbonyl (C=O) groups is 1. The summed E-state index contributed by atoms with van der Waals surface area (Å²) in [5, 5.41) is 45.3. The van der Waals surface area contributed by atoms with E-state index in [1.54, 1.807) is 55.5 Å². The Hall–Kier alpha value is -4.67. The van der Waals surface area contributed by atoms with Crippen molar-refractivity contribution in [2.24, 2.45) is 5.73 Å². The maximum atomic E-state index is 13.5. The Kier molecular flexibility index (Phi) is 9.55. The lowest BCUT2D eigenvalue weighted by molar-refractivity contribution is -0.190. The van der Waals surface area contributed by atoms with Crippen LogP contribution in [-0.2, 0) is 4.79 Å². The Morgan fingerprint density at radius 1 is 1.04 bits per heavy atom. The summed E-state index contributed by atoms with van der Waals surface area (Å²) in [4.78, 5) is 29.0. The zero-order valence-electron chi connectivity index (χ0n) is 26.7. The number of aliphatic hydroxyl groups is 2. The number of imidazole rings is 1. The highest BCUT2D eigenvalue weighted by atomic mass is 19.4. The topological polar surface area (TPSA) is 186 Å². The van der Waals surface area contributed by atoms with E-state index in [4.69, 9.17) is 15.7 Å². The number of aromatic hydroxyl groups is 2. The Morgan fingerprint density at radius 2 is 1.67 bits per heavy atom. The van der Waals surface area contributed by atoms with Gasteiger partial charge in [0, 0.05) is 38.1 Å². The zero-order valence-corrected chi connectivity index (χ0v) is 26.7. The van der Waals surface area contributed by atoms with Gasteiger partial charge in [0.05, 0.1) is 18.4 Å². The van der Waals surface area contributed by atoms with Gasteiger partial charge in [-0.3, -0.25) is 4.79 Å². The van der Waals surface area contributed by atoms with Gasteiger partial charge in [0.2, 0.25) is 5.95 Å². The number of anilines is 2. The minimum absolute atomic E-state index is 0.0998. The van der Waals surface area contributed by atoms with Crippen molar-refractivity contribution in [2.45, 2.75) is 68.6 Å². The number of carbonyl (C=O) groups excluding carboxylic acids is 1. The molecule has 0 radical (unpaired) electrons. The monoisotopic (exact) mass is 684 g/mol. The highest BCUT2D eigenvalue weighted by Gasteiger charge is 2.51. The summed E-state index contributed by atoms with van der Waals surface area (Å²) in [6, 6.07) is 11.2. The zero-order chi connectivity index (χ0) is 35.0. The van der Waals surface area contributed by atoms with Crippen LogP contribution >= 0.6 is 0 Å². The van der Waals surface area contributed by atoms with Gasteiger partial charge in [-0.05, 0) is 54.7 Å². The van der Waals surface area contributed by atoms with Crippen LogP contribution in [0.4, 0.5) is 24.9 Å². The molecule has 1 amide bonds. The molecule has 49 heavy (non-hydrogen) atoms.